The summed E-state index contributed by atoms with van der Waals surface area (Å²) < 4.78 is 42.5. The molecule has 0 aromatic rings. The summed E-state index contributed by atoms with van der Waals surface area (Å²) in [5.41, 5.74) is -0.631. The van der Waals surface area contributed by atoms with E-state index in [1.54, 1.807) is 12.0 Å². The summed E-state index contributed by atoms with van der Waals surface area (Å²) in [5.74, 6) is 0. The fraction of sp³-hybridized carbons (Fsp3) is 0.818. The maximum Gasteiger partial charge on any atom is 1.00 e. The van der Waals surface area contributed by atoms with E-state index in [9.17, 15) is 12.9 Å². The molecule has 0 amide bonds. The third kappa shape index (κ3) is 8.35. The third-order valence-electron chi connectivity index (χ3n) is 2.91. The van der Waals surface area contributed by atoms with Crippen LogP contribution in [0.25, 0.3) is 0 Å². The Morgan fingerprint density at radius 2 is 1.78 bits per heavy atom. The zero-order chi connectivity index (χ0) is 13.5. The molecule has 0 aliphatic heterocycles. The average Bonchev–Trinajstić information content (AvgIpc) is 2.25. The minimum atomic E-state index is -4.94. The van der Waals surface area contributed by atoms with Crippen molar-refractivity contribution < 1.29 is 69.1 Å². The minimum absolute atomic E-state index is 0. The normalized spacial score (nSPS) is 11.8. The Hall–Kier alpha value is 1.15. The number of rotatable bonds is 9. The van der Waals surface area contributed by atoms with Gasteiger partial charge in [0, 0.05) is 19.7 Å². The summed E-state index contributed by atoms with van der Waals surface area (Å²) in [4.78, 5) is 1.81. The van der Waals surface area contributed by atoms with Gasteiger partial charge in [-0.15, -0.1) is 12.1 Å². The fourth-order valence-electron chi connectivity index (χ4n) is 1.77. The summed E-state index contributed by atoms with van der Waals surface area (Å²) >= 11 is 0. The van der Waals surface area contributed by atoms with Crippen LogP contribution in [0.3, 0.4) is 0 Å². The van der Waals surface area contributed by atoms with Gasteiger partial charge in [-0.3, -0.25) is 4.90 Å². The SMILES string of the molecule is C=C(CN(CCOC)C(CC)CC)[B-](F)(F)F.[K+]. The standard InChI is InChI=1S/C11H22BF3NO.K/c1-5-11(6-2)16(7-8-17-4)9-10(3)12(13,14)15;/h11H,3,5-9H2,1-2,4H3;/q-1;+1. The molecule has 0 aromatic carbocycles. The third-order valence-corrected chi connectivity index (χ3v) is 2.91. The van der Waals surface area contributed by atoms with Gasteiger partial charge in [0.05, 0.1) is 6.61 Å². The molecular formula is C11H22BF3KNO. The molecule has 0 heterocycles. The Bertz CT molecular complexity index is 235. The Kier molecular flexibility index (Phi) is 13.0. The van der Waals surface area contributed by atoms with Crippen molar-refractivity contribution in [2.24, 2.45) is 0 Å². The van der Waals surface area contributed by atoms with Crippen LogP contribution < -0.4 is 51.4 Å². The van der Waals surface area contributed by atoms with Crippen molar-refractivity contribution in [1.29, 1.82) is 0 Å². The quantitative estimate of drug-likeness (QED) is 0.558. The first-order chi connectivity index (χ1) is 7.86. The van der Waals surface area contributed by atoms with Crippen LogP contribution >= 0.6 is 0 Å². The molecule has 0 fully saturated rings. The fourth-order valence-corrected chi connectivity index (χ4v) is 1.77. The van der Waals surface area contributed by atoms with E-state index >= 15 is 0 Å². The maximum atomic E-state index is 12.5. The van der Waals surface area contributed by atoms with Crippen LogP contribution in [0.5, 0.6) is 0 Å². The number of hydrogen-bond acceptors (Lipinski definition) is 2. The van der Waals surface area contributed by atoms with E-state index in [1.807, 2.05) is 13.8 Å². The molecular weight excluding hydrogens is 269 g/mol. The molecule has 0 aliphatic carbocycles. The van der Waals surface area contributed by atoms with E-state index in [0.29, 0.717) is 13.2 Å². The van der Waals surface area contributed by atoms with E-state index in [1.165, 1.54) is 0 Å². The van der Waals surface area contributed by atoms with E-state index in [-0.39, 0.29) is 64.0 Å². The van der Waals surface area contributed by atoms with E-state index < -0.39 is 12.4 Å². The zero-order valence-corrected chi connectivity index (χ0v) is 15.0. The summed E-state index contributed by atoms with van der Waals surface area (Å²) in [6.07, 6.45) is 1.66. The molecule has 102 valence electrons. The van der Waals surface area contributed by atoms with E-state index in [0.717, 1.165) is 12.8 Å². The van der Waals surface area contributed by atoms with Crippen molar-refractivity contribution in [3.8, 4) is 0 Å². The molecule has 0 aromatic heterocycles. The van der Waals surface area contributed by atoms with Crippen molar-refractivity contribution in [2.75, 3.05) is 26.8 Å². The molecule has 0 rings (SSSR count). The molecule has 0 N–H and O–H groups in total. The topological polar surface area (TPSA) is 12.5 Å². The van der Waals surface area contributed by atoms with Gasteiger partial charge in [0.1, 0.15) is 0 Å². The zero-order valence-electron chi connectivity index (χ0n) is 11.9. The first-order valence-corrected chi connectivity index (χ1v) is 5.97. The van der Waals surface area contributed by atoms with Crippen molar-refractivity contribution in [1.82, 2.24) is 4.90 Å². The molecule has 0 aliphatic rings. The van der Waals surface area contributed by atoms with Crippen LogP contribution in [0.4, 0.5) is 12.9 Å². The van der Waals surface area contributed by atoms with Crippen LogP contribution in [-0.4, -0.2) is 44.7 Å². The largest absolute Gasteiger partial charge is 1.00 e. The van der Waals surface area contributed by atoms with Crippen molar-refractivity contribution >= 4 is 6.98 Å². The molecule has 0 radical (unpaired) electrons. The second-order valence-corrected chi connectivity index (χ2v) is 4.17. The number of methoxy groups -OCH3 is 1. The van der Waals surface area contributed by atoms with Crippen LogP contribution in [0.2, 0.25) is 0 Å². The molecule has 0 unspecified atom stereocenters. The van der Waals surface area contributed by atoms with Crippen molar-refractivity contribution in [3.63, 3.8) is 0 Å². The molecule has 7 heteroatoms. The van der Waals surface area contributed by atoms with E-state index in [4.69, 9.17) is 4.74 Å². The van der Waals surface area contributed by atoms with E-state index in [2.05, 4.69) is 6.58 Å². The summed E-state index contributed by atoms with van der Waals surface area (Å²) in [6, 6.07) is 0.153. The Labute approximate surface area is 151 Å². The Balaban J connectivity index is 0. The van der Waals surface area contributed by atoms with Crippen LogP contribution in [0, 0.1) is 0 Å². The maximum absolute atomic E-state index is 12.5. The predicted molar refractivity (Wildman–Crippen MR) is 66.0 cm³/mol. The predicted octanol–water partition coefficient (Wildman–Crippen LogP) is 0.0702. The summed E-state index contributed by atoms with van der Waals surface area (Å²) in [7, 11) is 1.55. The first-order valence-electron chi connectivity index (χ1n) is 5.97. The molecule has 0 saturated heterocycles. The van der Waals surface area contributed by atoms with Crippen LogP contribution in [-0.2, 0) is 4.74 Å². The summed E-state index contributed by atoms with van der Waals surface area (Å²) in [5, 5.41) is 0. The monoisotopic (exact) mass is 291 g/mol. The molecule has 0 atom stereocenters. The smallest absolute Gasteiger partial charge is 0.445 e. The molecule has 0 bridgehead atoms. The van der Waals surface area contributed by atoms with Gasteiger partial charge in [0.25, 0.3) is 0 Å². The summed E-state index contributed by atoms with van der Waals surface area (Å²) in [6.45, 7) is 3.00. The molecule has 2 nitrogen and oxygen atoms in total. The van der Waals surface area contributed by atoms with Gasteiger partial charge in [0.15, 0.2) is 0 Å². The first kappa shape index (κ1) is 21.4. The number of hydrogen-bond donors (Lipinski definition) is 0. The Morgan fingerprint density at radius 1 is 1.28 bits per heavy atom. The average molecular weight is 291 g/mol. The van der Waals surface area contributed by atoms with Crippen LogP contribution in [0.1, 0.15) is 26.7 Å². The minimum Gasteiger partial charge on any atom is -0.445 e. The number of halogens is 3. The van der Waals surface area contributed by atoms with Gasteiger partial charge in [-0.2, -0.15) is 0 Å². The number of ether oxygens (including phenoxy) is 1. The number of nitrogens with zero attached hydrogens (tertiary/aromatic N) is 1. The van der Waals surface area contributed by atoms with Gasteiger partial charge in [-0.05, 0) is 19.4 Å². The van der Waals surface area contributed by atoms with Crippen molar-refractivity contribution in [3.05, 3.63) is 12.1 Å². The molecule has 0 spiro atoms. The van der Waals surface area contributed by atoms with Crippen LogP contribution in [0.15, 0.2) is 12.1 Å². The van der Waals surface area contributed by atoms with Crippen molar-refractivity contribution in [2.45, 2.75) is 32.7 Å². The second-order valence-electron chi connectivity index (χ2n) is 4.17. The van der Waals surface area contributed by atoms with Gasteiger partial charge < -0.3 is 17.7 Å². The molecule has 18 heavy (non-hydrogen) atoms. The van der Waals surface area contributed by atoms with Gasteiger partial charge >= 0.3 is 58.4 Å². The second kappa shape index (κ2) is 10.9. The van der Waals surface area contributed by atoms with Gasteiger partial charge in [0.2, 0.25) is 0 Å². The van der Waals surface area contributed by atoms with Gasteiger partial charge in [-0.25, -0.2) is 0 Å². The van der Waals surface area contributed by atoms with Gasteiger partial charge in [-0.1, -0.05) is 13.8 Å². The molecule has 0 saturated carbocycles. The Morgan fingerprint density at radius 3 is 2.11 bits per heavy atom.